The number of amides is 1. The van der Waals surface area contributed by atoms with Crippen LogP contribution in [0.3, 0.4) is 0 Å². The Kier molecular flexibility index (Phi) is 12.7. The SMILES string of the molecule is C[Si](C)(C)OCCOCCOCCOCCNC(=O)OCc1ccccc1. The molecule has 0 aromatic heterocycles. The molecule has 0 fully saturated rings. The minimum Gasteiger partial charge on any atom is -0.445 e. The zero-order valence-corrected chi connectivity index (χ0v) is 17.7. The first-order valence-corrected chi connectivity index (χ1v) is 12.7. The van der Waals surface area contributed by atoms with Crippen molar-refractivity contribution in [2.24, 2.45) is 0 Å². The van der Waals surface area contributed by atoms with Crippen LogP contribution in [-0.2, 0) is 30.0 Å². The van der Waals surface area contributed by atoms with E-state index in [9.17, 15) is 4.79 Å². The van der Waals surface area contributed by atoms with E-state index < -0.39 is 14.4 Å². The predicted octanol–water partition coefficient (Wildman–Crippen LogP) is 2.81. The Balaban J connectivity index is 1.80. The molecule has 1 aromatic carbocycles. The van der Waals surface area contributed by atoms with Crippen molar-refractivity contribution >= 4 is 14.4 Å². The van der Waals surface area contributed by atoms with Crippen LogP contribution in [0.4, 0.5) is 4.79 Å². The molecule has 1 N–H and O–H groups in total. The maximum Gasteiger partial charge on any atom is 0.407 e. The number of ether oxygens (including phenoxy) is 4. The molecule has 0 saturated carbocycles. The number of rotatable bonds is 15. The number of carbonyl (C=O) groups excluding carboxylic acids is 1. The van der Waals surface area contributed by atoms with Crippen molar-refractivity contribution in [1.29, 1.82) is 0 Å². The fraction of sp³-hybridized carbons (Fsp3) is 0.632. The topological polar surface area (TPSA) is 75.3 Å². The van der Waals surface area contributed by atoms with Gasteiger partial charge in [0.1, 0.15) is 6.61 Å². The van der Waals surface area contributed by atoms with Crippen LogP contribution in [0.15, 0.2) is 30.3 Å². The molecule has 0 aliphatic rings. The molecule has 0 spiro atoms. The van der Waals surface area contributed by atoms with Crippen molar-refractivity contribution in [3.8, 4) is 0 Å². The van der Waals surface area contributed by atoms with Crippen LogP contribution in [0.2, 0.25) is 19.6 Å². The standard InChI is InChI=1S/C19H33NO6Si/c1-27(2,3)26-16-15-24-14-13-23-12-11-22-10-9-20-19(21)25-17-18-7-5-4-6-8-18/h4-8H,9-17H2,1-3H3,(H,20,21). The van der Waals surface area contributed by atoms with E-state index in [0.29, 0.717) is 52.8 Å². The quantitative estimate of drug-likeness (QED) is 0.361. The predicted molar refractivity (Wildman–Crippen MR) is 106 cm³/mol. The van der Waals surface area contributed by atoms with Crippen molar-refractivity contribution in [2.45, 2.75) is 26.2 Å². The molecule has 0 saturated heterocycles. The smallest absolute Gasteiger partial charge is 0.407 e. The third-order valence-corrected chi connectivity index (χ3v) is 4.31. The van der Waals surface area contributed by atoms with E-state index in [0.717, 1.165) is 5.56 Å². The molecule has 0 radical (unpaired) electrons. The summed E-state index contributed by atoms with van der Waals surface area (Å²) < 4.78 is 27.0. The van der Waals surface area contributed by atoms with E-state index in [-0.39, 0.29) is 6.61 Å². The molecule has 0 atom stereocenters. The molecule has 1 amide bonds. The molecular weight excluding hydrogens is 366 g/mol. The fourth-order valence-electron chi connectivity index (χ4n) is 1.95. The lowest BCUT2D eigenvalue weighted by atomic mass is 10.2. The summed E-state index contributed by atoms with van der Waals surface area (Å²) in [5, 5.41) is 2.64. The maximum absolute atomic E-state index is 11.5. The van der Waals surface area contributed by atoms with Gasteiger partial charge in [-0.2, -0.15) is 0 Å². The van der Waals surface area contributed by atoms with Gasteiger partial charge in [0.2, 0.25) is 0 Å². The van der Waals surface area contributed by atoms with E-state index >= 15 is 0 Å². The highest BCUT2D eigenvalue weighted by molar-refractivity contribution is 6.69. The zero-order valence-electron chi connectivity index (χ0n) is 16.7. The summed E-state index contributed by atoms with van der Waals surface area (Å²) in [6.07, 6.45) is -0.450. The number of hydrogen-bond acceptors (Lipinski definition) is 6. The summed E-state index contributed by atoms with van der Waals surface area (Å²) in [4.78, 5) is 11.5. The van der Waals surface area contributed by atoms with Crippen LogP contribution in [-0.4, -0.2) is 67.2 Å². The summed E-state index contributed by atoms with van der Waals surface area (Å²) in [6.45, 7) is 10.8. The molecule has 27 heavy (non-hydrogen) atoms. The third-order valence-electron chi connectivity index (χ3n) is 3.24. The monoisotopic (exact) mass is 399 g/mol. The summed E-state index contributed by atoms with van der Waals surface area (Å²) in [5.74, 6) is 0. The highest BCUT2D eigenvalue weighted by atomic mass is 28.4. The Morgan fingerprint density at radius 1 is 0.852 bits per heavy atom. The van der Waals surface area contributed by atoms with Gasteiger partial charge < -0.3 is 28.7 Å². The summed E-state index contributed by atoms with van der Waals surface area (Å²) in [7, 11) is -1.44. The van der Waals surface area contributed by atoms with Crippen molar-refractivity contribution in [2.75, 3.05) is 52.8 Å². The molecule has 0 heterocycles. The lowest BCUT2D eigenvalue weighted by Crippen LogP contribution is -2.28. The highest BCUT2D eigenvalue weighted by Gasteiger charge is 2.12. The van der Waals surface area contributed by atoms with Crippen LogP contribution in [0.5, 0.6) is 0 Å². The van der Waals surface area contributed by atoms with E-state index in [4.69, 9.17) is 23.4 Å². The molecule has 0 aliphatic heterocycles. The molecule has 1 rings (SSSR count). The lowest BCUT2D eigenvalue weighted by molar-refractivity contribution is 0.00933. The molecule has 8 heteroatoms. The summed E-state index contributed by atoms with van der Waals surface area (Å²) in [5.41, 5.74) is 0.952. The number of alkyl carbamates (subject to hydrolysis) is 1. The average Bonchev–Trinajstić information content (AvgIpc) is 2.63. The summed E-state index contributed by atoms with van der Waals surface area (Å²) >= 11 is 0. The third kappa shape index (κ3) is 15.3. The molecule has 154 valence electrons. The molecule has 1 aromatic rings. The van der Waals surface area contributed by atoms with Crippen LogP contribution in [0.1, 0.15) is 5.56 Å². The van der Waals surface area contributed by atoms with Gasteiger partial charge in [0.25, 0.3) is 0 Å². The minimum absolute atomic E-state index is 0.258. The van der Waals surface area contributed by atoms with E-state index in [1.807, 2.05) is 30.3 Å². The molecule has 0 bridgehead atoms. The molecule has 7 nitrogen and oxygen atoms in total. The van der Waals surface area contributed by atoms with Crippen LogP contribution in [0.25, 0.3) is 0 Å². The van der Waals surface area contributed by atoms with E-state index in [1.165, 1.54) is 0 Å². The first kappa shape index (κ1) is 23.6. The maximum atomic E-state index is 11.5. The second-order valence-electron chi connectivity index (χ2n) is 6.79. The Morgan fingerprint density at radius 3 is 2.00 bits per heavy atom. The van der Waals surface area contributed by atoms with Gasteiger partial charge in [-0.3, -0.25) is 0 Å². The number of carbonyl (C=O) groups is 1. The normalized spacial score (nSPS) is 11.4. The van der Waals surface area contributed by atoms with Crippen LogP contribution < -0.4 is 5.32 Å². The lowest BCUT2D eigenvalue weighted by Gasteiger charge is -2.16. The highest BCUT2D eigenvalue weighted by Crippen LogP contribution is 2.01. The Labute approximate surface area is 163 Å². The largest absolute Gasteiger partial charge is 0.445 e. The van der Waals surface area contributed by atoms with Crippen LogP contribution in [0, 0.1) is 0 Å². The first-order valence-electron chi connectivity index (χ1n) is 9.29. The van der Waals surface area contributed by atoms with Gasteiger partial charge in [-0.25, -0.2) is 4.79 Å². The summed E-state index contributed by atoms with van der Waals surface area (Å²) in [6, 6.07) is 9.54. The van der Waals surface area contributed by atoms with E-state index in [1.54, 1.807) is 0 Å². The van der Waals surface area contributed by atoms with Gasteiger partial charge in [0.15, 0.2) is 8.32 Å². The molecule has 0 aliphatic carbocycles. The Morgan fingerprint density at radius 2 is 1.41 bits per heavy atom. The molecule has 0 unspecified atom stereocenters. The number of nitrogens with one attached hydrogen (secondary N) is 1. The average molecular weight is 400 g/mol. The fourth-order valence-corrected chi connectivity index (χ4v) is 2.64. The minimum atomic E-state index is -1.44. The number of benzene rings is 1. The van der Waals surface area contributed by atoms with Gasteiger partial charge in [-0.1, -0.05) is 30.3 Å². The van der Waals surface area contributed by atoms with Gasteiger partial charge in [-0.05, 0) is 25.2 Å². The number of hydrogen-bond donors (Lipinski definition) is 1. The second kappa shape index (κ2) is 14.6. The van der Waals surface area contributed by atoms with Crippen molar-refractivity contribution < 1.29 is 28.2 Å². The van der Waals surface area contributed by atoms with Crippen molar-refractivity contribution in [3.05, 3.63) is 35.9 Å². The van der Waals surface area contributed by atoms with Crippen LogP contribution >= 0.6 is 0 Å². The van der Waals surface area contributed by atoms with Crippen molar-refractivity contribution in [1.82, 2.24) is 5.32 Å². The van der Waals surface area contributed by atoms with E-state index in [2.05, 4.69) is 25.0 Å². The Bertz CT molecular complexity index is 495. The second-order valence-corrected chi connectivity index (χ2v) is 11.3. The Hall–Kier alpha value is -1.45. The van der Waals surface area contributed by atoms with Gasteiger partial charge in [0.05, 0.1) is 46.2 Å². The van der Waals surface area contributed by atoms with Crippen molar-refractivity contribution in [3.63, 3.8) is 0 Å². The first-order chi connectivity index (χ1) is 13.0. The zero-order chi connectivity index (χ0) is 19.8. The van der Waals surface area contributed by atoms with Gasteiger partial charge in [-0.15, -0.1) is 0 Å². The van der Waals surface area contributed by atoms with Gasteiger partial charge >= 0.3 is 6.09 Å². The van der Waals surface area contributed by atoms with Gasteiger partial charge in [0, 0.05) is 6.54 Å². The molecular formula is C19H33NO6Si.